The Kier molecular flexibility index (Phi) is 7.44. The Morgan fingerprint density at radius 1 is 1.07 bits per heavy atom. The van der Waals surface area contributed by atoms with Crippen LogP contribution in [0, 0.1) is 6.92 Å². The highest BCUT2D eigenvalue weighted by Crippen LogP contribution is 2.44. The number of aromatic nitrogens is 4. The lowest BCUT2D eigenvalue weighted by Gasteiger charge is -2.28. The van der Waals surface area contributed by atoms with Crippen molar-refractivity contribution < 1.29 is 14.6 Å². The number of halogens is 1. The van der Waals surface area contributed by atoms with E-state index in [4.69, 9.17) is 21.3 Å². The van der Waals surface area contributed by atoms with Gasteiger partial charge in [0, 0.05) is 51.9 Å². The summed E-state index contributed by atoms with van der Waals surface area (Å²) in [5.41, 5.74) is 7.05. The Balaban J connectivity index is 1.34. The van der Waals surface area contributed by atoms with Gasteiger partial charge in [0.2, 0.25) is 0 Å². The van der Waals surface area contributed by atoms with E-state index in [-0.39, 0.29) is 0 Å². The SMILES string of the molecule is Cc1cc2nc(-c3ccnc(-c4ccc5c(cnn5C5CNC5)c4)c3)sc2c(-c2ccc(Cl)cc2)c1C(OC(C)(C)C)C(=O)O. The summed E-state index contributed by atoms with van der Waals surface area (Å²) >= 11 is 7.78. The van der Waals surface area contributed by atoms with Crippen LogP contribution in [0.25, 0.3) is 54.1 Å². The number of hydrogen-bond acceptors (Lipinski definition) is 7. The fourth-order valence-corrected chi connectivity index (χ4v) is 7.08. The number of pyridine rings is 1. The van der Waals surface area contributed by atoms with Gasteiger partial charge in [0.05, 0.1) is 39.3 Å². The van der Waals surface area contributed by atoms with Crippen molar-refractivity contribution in [3.63, 3.8) is 0 Å². The van der Waals surface area contributed by atoms with Crippen LogP contribution in [0.15, 0.2) is 73.1 Å². The van der Waals surface area contributed by atoms with Crippen molar-refractivity contribution in [2.24, 2.45) is 0 Å². The molecule has 6 aromatic rings. The number of hydrogen-bond donors (Lipinski definition) is 2. The first-order chi connectivity index (χ1) is 21.6. The summed E-state index contributed by atoms with van der Waals surface area (Å²) in [6.45, 7) is 9.37. The lowest BCUT2D eigenvalue weighted by molar-refractivity contribution is -0.160. The van der Waals surface area contributed by atoms with Crippen LogP contribution in [0.4, 0.5) is 0 Å². The van der Waals surface area contributed by atoms with Gasteiger partial charge < -0.3 is 15.2 Å². The number of benzene rings is 3. The van der Waals surface area contributed by atoms with Crippen molar-refractivity contribution in [1.29, 1.82) is 0 Å². The van der Waals surface area contributed by atoms with Gasteiger partial charge in [-0.25, -0.2) is 9.78 Å². The summed E-state index contributed by atoms with van der Waals surface area (Å²) in [6, 6.07) is 20.2. The highest BCUT2D eigenvalue weighted by Gasteiger charge is 2.32. The van der Waals surface area contributed by atoms with Crippen LogP contribution in [-0.2, 0) is 9.53 Å². The first kappa shape index (κ1) is 29.6. The van der Waals surface area contributed by atoms with Crippen LogP contribution in [-0.4, -0.2) is 49.5 Å². The molecule has 0 saturated carbocycles. The molecule has 1 fully saturated rings. The molecule has 2 N–H and O–H groups in total. The second-order valence-electron chi connectivity index (χ2n) is 12.4. The molecule has 1 unspecified atom stereocenters. The number of fused-ring (bicyclic) bond motifs is 2. The third-order valence-electron chi connectivity index (χ3n) is 8.02. The molecule has 1 aliphatic heterocycles. The molecule has 3 aromatic heterocycles. The Morgan fingerprint density at radius 3 is 2.51 bits per heavy atom. The molecule has 1 saturated heterocycles. The van der Waals surface area contributed by atoms with E-state index >= 15 is 0 Å². The lowest BCUT2D eigenvalue weighted by atomic mass is 9.91. The van der Waals surface area contributed by atoms with E-state index in [1.165, 1.54) is 11.3 Å². The zero-order chi connectivity index (χ0) is 31.5. The molecule has 0 radical (unpaired) electrons. The smallest absolute Gasteiger partial charge is 0.337 e. The number of carbonyl (C=O) groups is 1. The maximum atomic E-state index is 12.7. The molecule has 1 atom stereocenters. The van der Waals surface area contributed by atoms with Gasteiger partial charge in [0.1, 0.15) is 5.01 Å². The standard InChI is InChI=1S/C35H32ClN5O3S/c1-19-13-27-32(30(20-5-8-24(36)9-6-20)29(19)31(34(42)43)44-35(2,3)4)45-33(40-27)22-11-12-38-26(15-22)21-7-10-28-23(14-21)16-39-41(28)25-17-37-18-25/h5-16,25,31,37H,17-18H2,1-4H3,(H,42,43). The Bertz CT molecular complexity index is 2080. The third-order valence-corrected chi connectivity index (χ3v) is 9.41. The third kappa shape index (κ3) is 5.61. The van der Waals surface area contributed by atoms with Crippen LogP contribution < -0.4 is 5.32 Å². The number of nitrogens with one attached hydrogen (secondary N) is 1. The van der Waals surface area contributed by atoms with Gasteiger partial charge in [-0.05, 0) is 81.3 Å². The van der Waals surface area contributed by atoms with Gasteiger partial charge in [0.15, 0.2) is 6.10 Å². The number of thiazole rings is 1. The van der Waals surface area contributed by atoms with E-state index in [1.807, 2.05) is 70.3 Å². The monoisotopic (exact) mass is 637 g/mol. The molecule has 8 nitrogen and oxygen atoms in total. The fourth-order valence-electron chi connectivity index (χ4n) is 5.83. The Labute approximate surface area is 269 Å². The summed E-state index contributed by atoms with van der Waals surface area (Å²) in [4.78, 5) is 22.4. The summed E-state index contributed by atoms with van der Waals surface area (Å²) < 4.78 is 9.13. The Hall–Kier alpha value is -4.15. The fraction of sp³-hybridized carbons (Fsp3) is 0.257. The van der Waals surface area contributed by atoms with E-state index in [1.54, 1.807) is 6.20 Å². The van der Waals surface area contributed by atoms with Gasteiger partial charge >= 0.3 is 5.97 Å². The average Bonchev–Trinajstić information content (AvgIpc) is 3.59. The number of ether oxygens (including phenoxy) is 1. The molecule has 3 aromatic carbocycles. The highest BCUT2D eigenvalue weighted by atomic mass is 35.5. The summed E-state index contributed by atoms with van der Waals surface area (Å²) in [5.74, 6) is -1.04. The maximum absolute atomic E-state index is 12.7. The first-order valence-corrected chi connectivity index (χ1v) is 16.0. The molecule has 228 valence electrons. The van der Waals surface area contributed by atoms with Gasteiger partial charge in [-0.15, -0.1) is 11.3 Å². The van der Waals surface area contributed by atoms with Crippen LogP contribution in [0.5, 0.6) is 0 Å². The zero-order valence-corrected chi connectivity index (χ0v) is 26.9. The minimum Gasteiger partial charge on any atom is -0.479 e. The number of aryl methyl sites for hydroxylation is 1. The molecule has 0 amide bonds. The van der Waals surface area contributed by atoms with Gasteiger partial charge in [-0.3, -0.25) is 9.67 Å². The topological polar surface area (TPSA) is 102 Å². The number of carboxylic acids is 1. The lowest BCUT2D eigenvalue weighted by Crippen LogP contribution is -2.43. The molecular formula is C35H32ClN5O3S. The second-order valence-corrected chi connectivity index (χ2v) is 13.8. The van der Waals surface area contributed by atoms with Crippen molar-refractivity contribution in [2.45, 2.75) is 45.4 Å². The predicted molar refractivity (Wildman–Crippen MR) is 180 cm³/mol. The van der Waals surface area contributed by atoms with Gasteiger partial charge in [-0.1, -0.05) is 29.8 Å². The molecule has 7 rings (SSSR count). The van der Waals surface area contributed by atoms with Crippen molar-refractivity contribution in [3.05, 3.63) is 89.2 Å². The number of rotatable bonds is 7. The van der Waals surface area contributed by atoms with Gasteiger partial charge in [0.25, 0.3) is 0 Å². The van der Waals surface area contributed by atoms with Crippen molar-refractivity contribution in [1.82, 2.24) is 25.1 Å². The van der Waals surface area contributed by atoms with E-state index < -0.39 is 17.7 Å². The quantitative estimate of drug-likeness (QED) is 0.182. The molecule has 1 aliphatic rings. The van der Waals surface area contributed by atoms with Gasteiger partial charge in [-0.2, -0.15) is 5.10 Å². The molecule has 45 heavy (non-hydrogen) atoms. The predicted octanol–water partition coefficient (Wildman–Crippen LogP) is 8.09. The molecule has 0 aliphatic carbocycles. The van der Waals surface area contributed by atoms with Crippen molar-refractivity contribution in [2.75, 3.05) is 13.1 Å². The normalized spacial score (nSPS) is 14.6. The van der Waals surface area contributed by atoms with E-state index in [0.29, 0.717) is 16.6 Å². The summed E-state index contributed by atoms with van der Waals surface area (Å²) in [6.07, 6.45) is 2.55. The molecule has 0 spiro atoms. The van der Waals surface area contributed by atoms with Crippen LogP contribution >= 0.6 is 22.9 Å². The van der Waals surface area contributed by atoms with Crippen molar-refractivity contribution in [3.8, 4) is 33.0 Å². The molecule has 4 heterocycles. The maximum Gasteiger partial charge on any atom is 0.337 e. The van der Waals surface area contributed by atoms with Crippen LogP contribution in [0.1, 0.15) is 44.0 Å². The molecule has 0 bridgehead atoms. The number of aliphatic carboxylic acids is 1. The van der Waals surface area contributed by atoms with Crippen LogP contribution in [0.3, 0.4) is 0 Å². The summed E-state index contributed by atoms with van der Waals surface area (Å²) in [5, 5.41) is 20.8. The largest absolute Gasteiger partial charge is 0.479 e. The van der Waals surface area contributed by atoms with E-state index in [2.05, 4.69) is 44.3 Å². The number of nitrogens with zero attached hydrogens (tertiary/aromatic N) is 4. The first-order valence-electron chi connectivity index (χ1n) is 14.8. The molecule has 10 heteroatoms. The Morgan fingerprint density at radius 2 is 1.82 bits per heavy atom. The number of carboxylic acid groups (broad SMARTS) is 1. The second kappa shape index (κ2) is 11.3. The van der Waals surface area contributed by atoms with E-state index in [9.17, 15) is 9.90 Å². The molecular weight excluding hydrogens is 606 g/mol. The summed E-state index contributed by atoms with van der Waals surface area (Å²) in [7, 11) is 0. The average molecular weight is 638 g/mol. The van der Waals surface area contributed by atoms with E-state index in [0.717, 1.165) is 72.7 Å². The zero-order valence-electron chi connectivity index (χ0n) is 25.3. The van der Waals surface area contributed by atoms with Crippen LogP contribution in [0.2, 0.25) is 5.02 Å². The highest BCUT2D eigenvalue weighted by molar-refractivity contribution is 7.22. The van der Waals surface area contributed by atoms with Crippen molar-refractivity contribution >= 4 is 50.0 Å². The minimum atomic E-state index is -1.17. The minimum absolute atomic E-state index is 0.390.